The number of nitriles is 1. The second kappa shape index (κ2) is 5.81. The van der Waals surface area contributed by atoms with Crippen molar-refractivity contribution in [3.8, 4) is 6.07 Å². The number of benzene rings is 1. The Morgan fingerprint density at radius 2 is 2.18 bits per heavy atom. The lowest BCUT2D eigenvalue weighted by Gasteiger charge is -2.27. The molecule has 1 aromatic rings. The van der Waals surface area contributed by atoms with Crippen LogP contribution in [0.15, 0.2) is 24.3 Å². The van der Waals surface area contributed by atoms with Gasteiger partial charge in [0, 0.05) is 13.7 Å². The number of hydrogen-bond donors (Lipinski definition) is 0. The van der Waals surface area contributed by atoms with Crippen LogP contribution < -0.4 is 0 Å². The van der Waals surface area contributed by atoms with Crippen LogP contribution in [0.5, 0.6) is 0 Å². The summed E-state index contributed by atoms with van der Waals surface area (Å²) in [5.74, 6) is -0.0166. The molecule has 1 aromatic carbocycles. The van der Waals surface area contributed by atoms with Crippen molar-refractivity contribution >= 4 is 0 Å². The largest absolute Gasteiger partial charge is 0.380 e. The van der Waals surface area contributed by atoms with Crippen molar-refractivity contribution in [3.05, 3.63) is 35.4 Å². The molecule has 2 unspecified atom stereocenters. The van der Waals surface area contributed by atoms with Gasteiger partial charge in [0.05, 0.1) is 24.7 Å². The summed E-state index contributed by atoms with van der Waals surface area (Å²) < 4.78 is 10.8. The zero-order valence-electron chi connectivity index (χ0n) is 10.1. The highest BCUT2D eigenvalue weighted by Gasteiger charge is 2.27. The molecule has 1 heterocycles. The van der Waals surface area contributed by atoms with Gasteiger partial charge in [0.15, 0.2) is 0 Å². The van der Waals surface area contributed by atoms with Crippen molar-refractivity contribution in [2.45, 2.75) is 25.6 Å². The molecule has 1 aliphatic rings. The lowest BCUT2D eigenvalue weighted by Crippen LogP contribution is -2.21. The smallest absolute Gasteiger partial charge is 0.0982 e. The first-order valence-corrected chi connectivity index (χ1v) is 5.94. The molecule has 1 fully saturated rings. The Balaban J connectivity index is 2.12. The zero-order valence-corrected chi connectivity index (χ0v) is 10.1. The normalized spacial score (nSPS) is 24.2. The average Bonchev–Trinajstić information content (AvgIpc) is 2.40. The van der Waals surface area contributed by atoms with E-state index in [9.17, 15) is 0 Å². The number of methoxy groups -OCH3 is 1. The zero-order chi connectivity index (χ0) is 12.1. The molecule has 0 aromatic heterocycles. The summed E-state index contributed by atoms with van der Waals surface area (Å²) in [5, 5.41) is 9.11. The van der Waals surface area contributed by atoms with Crippen LogP contribution in [-0.4, -0.2) is 13.7 Å². The molecule has 90 valence electrons. The minimum atomic E-state index is -0.0645. The standard InChI is InChI=1S/C14H17NO2/c1-16-10-11-4-6-12(7-5-11)14-13(9-15)3-2-8-17-14/h4-7,13-14H,2-3,8,10H2,1H3. The van der Waals surface area contributed by atoms with E-state index in [0.29, 0.717) is 6.61 Å². The summed E-state index contributed by atoms with van der Waals surface area (Å²) in [4.78, 5) is 0. The third kappa shape index (κ3) is 2.85. The fraction of sp³-hybridized carbons (Fsp3) is 0.500. The average molecular weight is 231 g/mol. The van der Waals surface area contributed by atoms with Gasteiger partial charge in [-0.2, -0.15) is 5.26 Å². The number of nitrogens with zero attached hydrogens (tertiary/aromatic N) is 1. The molecule has 1 saturated heterocycles. The van der Waals surface area contributed by atoms with Crippen LogP contribution in [0.1, 0.15) is 30.1 Å². The lowest BCUT2D eigenvalue weighted by atomic mass is 9.90. The summed E-state index contributed by atoms with van der Waals surface area (Å²) in [7, 11) is 1.68. The third-order valence-electron chi connectivity index (χ3n) is 3.11. The maximum Gasteiger partial charge on any atom is 0.0982 e. The van der Waals surface area contributed by atoms with Gasteiger partial charge in [0.25, 0.3) is 0 Å². The second-order valence-corrected chi connectivity index (χ2v) is 4.34. The fourth-order valence-corrected chi connectivity index (χ4v) is 2.21. The molecule has 0 N–H and O–H groups in total. The number of ether oxygens (including phenoxy) is 2. The minimum absolute atomic E-state index is 0.0166. The summed E-state index contributed by atoms with van der Waals surface area (Å²) >= 11 is 0. The Kier molecular flexibility index (Phi) is 4.13. The molecular formula is C14H17NO2. The highest BCUT2D eigenvalue weighted by molar-refractivity contribution is 5.25. The third-order valence-corrected chi connectivity index (χ3v) is 3.11. The van der Waals surface area contributed by atoms with Gasteiger partial charge in [-0.05, 0) is 24.0 Å². The SMILES string of the molecule is COCc1ccc(C2OCCCC2C#N)cc1. The lowest BCUT2D eigenvalue weighted by molar-refractivity contribution is -0.0102. The van der Waals surface area contributed by atoms with Gasteiger partial charge < -0.3 is 9.47 Å². The molecule has 3 heteroatoms. The predicted octanol–water partition coefficient (Wildman–Crippen LogP) is 2.82. The summed E-state index contributed by atoms with van der Waals surface area (Å²) in [5.41, 5.74) is 2.23. The van der Waals surface area contributed by atoms with Crippen LogP contribution in [0.25, 0.3) is 0 Å². The topological polar surface area (TPSA) is 42.2 Å². The Labute approximate surface area is 102 Å². The van der Waals surface area contributed by atoms with Gasteiger partial charge in [0.1, 0.15) is 0 Å². The second-order valence-electron chi connectivity index (χ2n) is 4.34. The molecule has 2 rings (SSSR count). The van der Waals surface area contributed by atoms with Crippen molar-refractivity contribution in [1.82, 2.24) is 0 Å². The van der Waals surface area contributed by atoms with Crippen LogP contribution in [-0.2, 0) is 16.1 Å². The van der Waals surface area contributed by atoms with Crippen molar-refractivity contribution in [2.24, 2.45) is 5.92 Å². The Morgan fingerprint density at radius 3 is 2.82 bits per heavy atom. The summed E-state index contributed by atoms with van der Waals surface area (Å²) in [6.45, 7) is 1.37. The molecule has 0 saturated carbocycles. The number of rotatable bonds is 3. The van der Waals surface area contributed by atoms with Crippen molar-refractivity contribution in [2.75, 3.05) is 13.7 Å². The molecule has 17 heavy (non-hydrogen) atoms. The maximum absolute atomic E-state index is 9.11. The van der Waals surface area contributed by atoms with E-state index >= 15 is 0 Å². The van der Waals surface area contributed by atoms with Crippen LogP contribution in [0.4, 0.5) is 0 Å². The van der Waals surface area contributed by atoms with E-state index in [-0.39, 0.29) is 12.0 Å². The molecular weight excluding hydrogens is 214 g/mol. The van der Waals surface area contributed by atoms with E-state index < -0.39 is 0 Å². The van der Waals surface area contributed by atoms with Gasteiger partial charge in [-0.1, -0.05) is 24.3 Å². The van der Waals surface area contributed by atoms with Crippen LogP contribution >= 0.6 is 0 Å². The first kappa shape index (κ1) is 12.1. The fourth-order valence-electron chi connectivity index (χ4n) is 2.21. The van der Waals surface area contributed by atoms with Crippen LogP contribution in [0, 0.1) is 17.2 Å². The van der Waals surface area contributed by atoms with E-state index in [1.807, 2.05) is 24.3 Å². The molecule has 0 radical (unpaired) electrons. The molecule has 0 bridgehead atoms. The summed E-state index contributed by atoms with van der Waals surface area (Å²) in [6.07, 6.45) is 1.85. The summed E-state index contributed by atoms with van der Waals surface area (Å²) in [6, 6.07) is 10.5. The van der Waals surface area contributed by atoms with Crippen molar-refractivity contribution < 1.29 is 9.47 Å². The first-order valence-electron chi connectivity index (χ1n) is 5.94. The number of hydrogen-bond acceptors (Lipinski definition) is 3. The highest BCUT2D eigenvalue weighted by Crippen LogP contribution is 2.33. The highest BCUT2D eigenvalue weighted by atomic mass is 16.5. The van der Waals surface area contributed by atoms with Gasteiger partial charge in [-0.15, -0.1) is 0 Å². The molecule has 0 aliphatic carbocycles. The van der Waals surface area contributed by atoms with Gasteiger partial charge >= 0.3 is 0 Å². The van der Waals surface area contributed by atoms with Crippen LogP contribution in [0.3, 0.4) is 0 Å². The maximum atomic E-state index is 9.11. The molecule has 0 amide bonds. The molecule has 3 nitrogen and oxygen atoms in total. The molecule has 0 spiro atoms. The Hall–Kier alpha value is -1.37. The van der Waals surface area contributed by atoms with E-state index in [1.54, 1.807) is 7.11 Å². The van der Waals surface area contributed by atoms with E-state index in [4.69, 9.17) is 14.7 Å². The predicted molar refractivity (Wildman–Crippen MR) is 64.2 cm³/mol. The van der Waals surface area contributed by atoms with Gasteiger partial charge in [0.2, 0.25) is 0 Å². The Bertz CT molecular complexity index is 394. The van der Waals surface area contributed by atoms with Crippen molar-refractivity contribution in [1.29, 1.82) is 5.26 Å². The monoisotopic (exact) mass is 231 g/mol. The molecule has 1 aliphatic heterocycles. The van der Waals surface area contributed by atoms with E-state index in [1.165, 1.54) is 0 Å². The van der Waals surface area contributed by atoms with Gasteiger partial charge in [-0.25, -0.2) is 0 Å². The quantitative estimate of drug-likeness (QED) is 0.803. The van der Waals surface area contributed by atoms with Crippen LogP contribution in [0.2, 0.25) is 0 Å². The van der Waals surface area contributed by atoms with E-state index in [0.717, 1.165) is 30.6 Å². The van der Waals surface area contributed by atoms with Gasteiger partial charge in [-0.3, -0.25) is 0 Å². The van der Waals surface area contributed by atoms with Crippen molar-refractivity contribution in [3.63, 3.8) is 0 Å². The Morgan fingerprint density at radius 1 is 1.41 bits per heavy atom. The molecule has 2 atom stereocenters. The van der Waals surface area contributed by atoms with E-state index in [2.05, 4.69) is 6.07 Å². The minimum Gasteiger partial charge on any atom is -0.380 e. The first-order chi connectivity index (χ1) is 8.35.